The van der Waals surface area contributed by atoms with Crippen LogP contribution in [0, 0.1) is 0 Å². The summed E-state index contributed by atoms with van der Waals surface area (Å²) in [6.45, 7) is 1.10. The van der Waals surface area contributed by atoms with Crippen LogP contribution in [0.15, 0.2) is 24.3 Å². The van der Waals surface area contributed by atoms with Crippen molar-refractivity contribution < 1.29 is 17.9 Å². The molecule has 7 heteroatoms. The van der Waals surface area contributed by atoms with E-state index >= 15 is 0 Å². The summed E-state index contributed by atoms with van der Waals surface area (Å²) in [6.07, 6.45) is -0.414. The number of hydrogen-bond donors (Lipinski definition) is 1. The van der Waals surface area contributed by atoms with Crippen molar-refractivity contribution in [2.75, 3.05) is 29.6 Å². The molecule has 5 nitrogen and oxygen atoms in total. The molecule has 1 heterocycles. The van der Waals surface area contributed by atoms with Crippen LogP contribution in [0.4, 0.5) is 5.69 Å². The van der Waals surface area contributed by atoms with Crippen LogP contribution in [0.2, 0.25) is 0 Å². The van der Waals surface area contributed by atoms with Gasteiger partial charge in [-0.3, -0.25) is 4.72 Å². The fourth-order valence-corrected chi connectivity index (χ4v) is 3.03. The number of sulfonamides is 1. The Morgan fingerprint density at radius 2 is 2.06 bits per heavy atom. The van der Waals surface area contributed by atoms with Gasteiger partial charge in [0, 0.05) is 17.1 Å². The third-order valence-corrected chi connectivity index (χ3v) is 4.10. The molecule has 1 aliphatic rings. The van der Waals surface area contributed by atoms with E-state index in [1.165, 1.54) is 0 Å². The molecule has 0 aromatic heterocycles. The summed E-state index contributed by atoms with van der Waals surface area (Å²) in [5.74, 6) is -0.0565. The van der Waals surface area contributed by atoms with Crippen LogP contribution in [-0.2, 0) is 19.5 Å². The zero-order valence-electron chi connectivity index (χ0n) is 9.63. The highest BCUT2D eigenvalue weighted by Gasteiger charge is 2.19. The summed E-state index contributed by atoms with van der Waals surface area (Å²) in [5.41, 5.74) is 1.27. The minimum absolute atomic E-state index is 0.0594. The summed E-state index contributed by atoms with van der Waals surface area (Å²) in [4.78, 5) is 0. The number of ether oxygens (including phenoxy) is 2. The Kier molecular flexibility index (Phi) is 4.45. The smallest absolute Gasteiger partial charge is 0.233 e. The highest BCUT2D eigenvalue weighted by Crippen LogP contribution is 2.25. The third-order valence-electron chi connectivity index (χ3n) is 2.40. The van der Waals surface area contributed by atoms with Gasteiger partial charge in [-0.25, -0.2) is 8.42 Å². The van der Waals surface area contributed by atoms with Crippen molar-refractivity contribution in [3.05, 3.63) is 29.8 Å². The topological polar surface area (TPSA) is 64.6 Å². The summed E-state index contributed by atoms with van der Waals surface area (Å²) < 4.78 is 36.3. The van der Waals surface area contributed by atoms with E-state index in [-0.39, 0.29) is 11.6 Å². The highest BCUT2D eigenvalue weighted by atomic mass is 35.5. The van der Waals surface area contributed by atoms with Crippen molar-refractivity contribution in [1.82, 2.24) is 0 Å². The Morgan fingerprint density at radius 3 is 2.72 bits per heavy atom. The molecule has 18 heavy (non-hydrogen) atoms. The molecule has 0 aliphatic carbocycles. The lowest BCUT2D eigenvalue weighted by molar-refractivity contribution is -0.0440. The van der Waals surface area contributed by atoms with Gasteiger partial charge in [0.2, 0.25) is 10.0 Å². The number of rotatable bonds is 5. The van der Waals surface area contributed by atoms with E-state index in [1.807, 2.05) is 6.07 Å². The zero-order valence-corrected chi connectivity index (χ0v) is 11.2. The zero-order chi connectivity index (χ0) is 13.0. The molecule has 0 saturated carbocycles. The third kappa shape index (κ3) is 3.58. The molecule has 1 N–H and O–H groups in total. The molecule has 1 fully saturated rings. The van der Waals surface area contributed by atoms with Crippen LogP contribution in [0.5, 0.6) is 0 Å². The molecular weight excluding hydrogens is 278 g/mol. The highest BCUT2D eigenvalue weighted by molar-refractivity contribution is 7.92. The maximum atomic E-state index is 11.6. The second-order valence-corrected chi connectivity index (χ2v) is 6.03. The fourth-order valence-electron chi connectivity index (χ4n) is 1.63. The molecular formula is C11H14ClNO4S. The lowest BCUT2D eigenvalue weighted by Gasteiger charge is -2.12. The lowest BCUT2D eigenvalue weighted by Crippen LogP contribution is -2.17. The van der Waals surface area contributed by atoms with Crippen molar-refractivity contribution in [3.8, 4) is 0 Å². The summed E-state index contributed by atoms with van der Waals surface area (Å²) in [6, 6.07) is 6.94. The quantitative estimate of drug-likeness (QED) is 0.839. The van der Waals surface area contributed by atoms with E-state index in [0.29, 0.717) is 18.9 Å². The van der Waals surface area contributed by atoms with Gasteiger partial charge >= 0.3 is 0 Å². The Morgan fingerprint density at radius 1 is 1.33 bits per heavy atom. The van der Waals surface area contributed by atoms with Crippen LogP contribution in [0.3, 0.4) is 0 Å². The molecule has 2 rings (SSSR count). The van der Waals surface area contributed by atoms with E-state index in [2.05, 4.69) is 4.72 Å². The Hall–Kier alpha value is -0.820. The molecule has 1 aromatic rings. The molecule has 1 aliphatic heterocycles. The summed E-state index contributed by atoms with van der Waals surface area (Å²) >= 11 is 5.43. The fraction of sp³-hybridized carbons (Fsp3) is 0.455. The predicted octanol–water partition coefficient (Wildman–Crippen LogP) is 1.71. The van der Waals surface area contributed by atoms with E-state index in [9.17, 15) is 8.42 Å². The number of hydrogen-bond acceptors (Lipinski definition) is 4. The normalized spacial score (nSPS) is 16.9. The first kappa shape index (κ1) is 13.6. The van der Waals surface area contributed by atoms with Crippen molar-refractivity contribution in [2.45, 2.75) is 6.29 Å². The molecule has 0 unspecified atom stereocenters. The van der Waals surface area contributed by atoms with E-state index < -0.39 is 16.3 Å². The van der Waals surface area contributed by atoms with Gasteiger partial charge in [-0.1, -0.05) is 12.1 Å². The van der Waals surface area contributed by atoms with Gasteiger partial charge in [-0.15, -0.1) is 11.6 Å². The maximum absolute atomic E-state index is 11.6. The first-order valence-electron chi connectivity index (χ1n) is 5.50. The summed E-state index contributed by atoms with van der Waals surface area (Å²) in [5, 5.41) is 0. The number of anilines is 1. The van der Waals surface area contributed by atoms with Gasteiger partial charge in [0.25, 0.3) is 0 Å². The van der Waals surface area contributed by atoms with Crippen LogP contribution in [0.25, 0.3) is 0 Å². The largest absolute Gasteiger partial charge is 0.346 e. The molecule has 0 spiro atoms. The predicted molar refractivity (Wildman–Crippen MR) is 69.2 cm³/mol. The van der Waals surface area contributed by atoms with E-state index in [0.717, 1.165) is 5.56 Å². The summed E-state index contributed by atoms with van der Waals surface area (Å²) in [7, 11) is -3.39. The number of halogens is 1. The number of nitrogens with one attached hydrogen (secondary N) is 1. The van der Waals surface area contributed by atoms with Gasteiger partial charge in [0.1, 0.15) is 0 Å². The van der Waals surface area contributed by atoms with E-state index in [1.54, 1.807) is 18.2 Å². The van der Waals surface area contributed by atoms with Crippen LogP contribution in [0.1, 0.15) is 11.9 Å². The first-order valence-corrected chi connectivity index (χ1v) is 7.69. The second kappa shape index (κ2) is 5.88. The van der Waals surface area contributed by atoms with Crippen molar-refractivity contribution >= 4 is 27.3 Å². The van der Waals surface area contributed by atoms with E-state index in [4.69, 9.17) is 21.1 Å². The van der Waals surface area contributed by atoms with Gasteiger partial charge in [-0.05, 0) is 12.1 Å². The molecule has 0 amide bonds. The minimum Gasteiger partial charge on any atom is -0.346 e. The number of benzene rings is 1. The Bertz CT molecular complexity index is 500. The van der Waals surface area contributed by atoms with Crippen molar-refractivity contribution in [2.24, 2.45) is 0 Å². The van der Waals surface area contributed by atoms with Crippen LogP contribution < -0.4 is 4.72 Å². The molecule has 0 radical (unpaired) electrons. The van der Waals surface area contributed by atoms with Gasteiger partial charge in [0.15, 0.2) is 6.29 Å². The van der Waals surface area contributed by atoms with Crippen molar-refractivity contribution in [1.29, 1.82) is 0 Å². The lowest BCUT2D eigenvalue weighted by atomic mass is 10.2. The average molecular weight is 292 g/mol. The van der Waals surface area contributed by atoms with Crippen molar-refractivity contribution in [3.63, 3.8) is 0 Å². The molecule has 1 saturated heterocycles. The Labute approximate surface area is 111 Å². The Balaban J connectivity index is 2.12. The van der Waals surface area contributed by atoms with Crippen LogP contribution in [-0.4, -0.2) is 33.3 Å². The molecule has 0 atom stereocenters. The molecule has 100 valence electrons. The second-order valence-electron chi connectivity index (χ2n) is 3.81. The van der Waals surface area contributed by atoms with Gasteiger partial charge in [-0.2, -0.15) is 0 Å². The SMILES string of the molecule is O=S(=O)(CCCl)Nc1cccc(C2OCCO2)c1. The maximum Gasteiger partial charge on any atom is 0.233 e. The van der Waals surface area contributed by atoms with Gasteiger partial charge in [0.05, 0.1) is 19.0 Å². The number of alkyl halides is 1. The first-order chi connectivity index (χ1) is 8.61. The van der Waals surface area contributed by atoms with Gasteiger partial charge < -0.3 is 9.47 Å². The molecule has 1 aromatic carbocycles. The minimum atomic E-state index is -3.39. The van der Waals surface area contributed by atoms with Crippen LogP contribution >= 0.6 is 11.6 Å². The molecule has 0 bridgehead atoms. The monoisotopic (exact) mass is 291 g/mol. The average Bonchev–Trinajstić information content (AvgIpc) is 2.81. The standard InChI is InChI=1S/C11H14ClNO4S/c12-4-7-18(14,15)13-10-3-1-2-9(8-10)11-16-5-6-17-11/h1-3,8,11,13H,4-7H2.